The second kappa shape index (κ2) is 10.6. The number of carbonyl (C=O) groups excluding carboxylic acids is 1. The molecule has 0 radical (unpaired) electrons. The summed E-state index contributed by atoms with van der Waals surface area (Å²) in [5.41, 5.74) is 2.83. The molecule has 1 amide bonds. The van der Waals surface area contributed by atoms with Gasteiger partial charge in [-0.3, -0.25) is 9.69 Å². The summed E-state index contributed by atoms with van der Waals surface area (Å²) in [6.45, 7) is 11.7. The monoisotopic (exact) mass is 401 g/mol. The smallest absolute Gasteiger partial charge is 0.223 e. The third kappa shape index (κ3) is 6.03. The molecule has 2 fully saturated rings. The van der Waals surface area contributed by atoms with Crippen LogP contribution < -0.4 is 5.32 Å². The van der Waals surface area contributed by atoms with Crippen molar-refractivity contribution in [2.24, 2.45) is 11.8 Å². The molecule has 1 aromatic carbocycles. The van der Waals surface area contributed by atoms with Gasteiger partial charge in [0.2, 0.25) is 5.91 Å². The molecule has 162 valence electrons. The number of hydrogen-bond donors (Lipinski definition) is 2. The van der Waals surface area contributed by atoms with E-state index >= 15 is 0 Å². The Morgan fingerprint density at radius 1 is 1.10 bits per heavy atom. The summed E-state index contributed by atoms with van der Waals surface area (Å²) in [6, 6.07) is 9.23. The summed E-state index contributed by atoms with van der Waals surface area (Å²) in [4.78, 5) is 17.7. The Hall–Kier alpha value is -1.43. The van der Waals surface area contributed by atoms with Crippen molar-refractivity contribution >= 4 is 5.91 Å². The van der Waals surface area contributed by atoms with E-state index in [0.717, 1.165) is 45.6 Å². The molecule has 0 bridgehead atoms. The van der Waals surface area contributed by atoms with Crippen LogP contribution in [0.15, 0.2) is 24.3 Å². The van der Waals surface area contributed by atoms with E-state index in [1.165, 1.54) is 24.0 Å². The molecule has 0 unspecified atom stereocenters. The highest BCUT2D eigenvalue weighted by molar-refractivity contribution is 5.79. The molecule has 2 aliphatic heterocycles. The number of aryl methyl sites for hydroxylation is 1. The van der Waals surface area contributed by atoms with Crippen molar-refractivity contribution in [2.75, 3.05) is 32.8 Å². The average Bonchev–Trinajstić information content (AvgIpc) is 2.74. The number of nitrogens with one attached hydrogen (secondary N) is 1. The molecule has 0 saturated carbocycles. The molecule has 0 aliphatic carbocycles. The predicted molar refractivity (Wildman–Crippen MR) is 118 cm³/mol. The lowest BCUT2D eigenvalue weighted by molar-refractivity contribution is -0.128. The average molecular weight is 402 g/mol. The van der Waals surface area contributed by atoms with E-state index in [4.69, 9.17) is 0 Å². The summed E-state index contributed by atoms with van der Waals surface area (Å²) in [5.74, 6) is 0.486. The van der Waals surface area contributed by atoms with Crippen molar-refractivity contribution in [3.63, 3.8) is 0 Å². The van der Waals surface area contributed by atoms with E-state index in [2.05, 4.69) is 46.3 Å². The molecule has 29 heavy (non-hydrogen) atoms. The van der Waals surface area contributed by atoms with E-state index in [0.29, 0.717) is 6.04 Å². The molecule has 3 rings (SSSR count). The normalized spacial score (nSPS) is 21.4. The van der Waals surface area contributed by atoms with Crippen LogP contribution in [0.1, 0.15) is 50.7 Å². The molecule has 2 saturated heterocycles. The Morgan fingerprint density at radius 2 is 1.76 bits per heavy atom. The number of benzene rings is 1. The zero-order valence-corrected chi connectivity index (χ0v) is 18.4. The zero-order chi connectivity index (χ0) is 20.8. The minimum atomic E-state index is -0.127. The molecule has 2 N–H and O–H groups in total. The molecule has 1 atom stereocenters. The van der Waals surface area contributed by atoms with Gasteiger partial charge in [0.15, 0.2) is 0 Å². The molecular weight excluding hydrogens is 362 g/mol. The highest BCUT2D eigenvalue weighted by Gasteiger charge is 2.31. The van der Waals surface area contributed by atoms with Gasteiger partial charge in [-0.05, 0) is 75.8 Å². The van der Waals surface area contributed by atoms with E-state index in [9.17, 15) is 9.90 Å². The molecule has 0 aromatic heterocycles. The molecular formula is C24H39N3O2. The van der Waals surface area contributed by atoms with Gasteiger partial charge >= 0.3 is 0 Å². The maximum atomic E-state index is 12.6. The first-order valence-electron chi connectivity index (χ1n) is 11.4. The Balaban J connectivity index is 1.41. The van der Waals surface area contributed by atoms with Crippen LogP contribution in [-0.2, 0) is 11.3 Å². The van der Waals surface area contributed by atoms with Gasteiger partial charge in [-0.2, -0.15) is 0 Å². The Kier molecular flexibility index (Phi) is 8.10. The number of aliphatic hydroxyl groups is 1. The molecule has 1 aromatic rings. The maximum Gasteiger partial charge on any atom is 0.223 e. The number of amides is 1. The minimum absolute atomic E-state index is 0.0172. The third-order valence-electron chi connectivity index (χ3n) is 6.96. The van der Waals surface area contributed by atoms with Crippen molar-refractivity contribution in [1.29, 1.82) is 0 Å². The first kappa shape index (κ1) is 22.3. The Labute approximate surface area is 176 Å². The summed E-state index contributed by atoms with van der Waals surface area (Å²) in [5, 5.41) is 12.5. The van der Waals surface area contributed by atoms with Crippen molar-refractivity contribution in [1.82, 2.24) is 15.1 Å². The number of carbonyl (C=O) groups is 1. The summed E-state index contributed by atoms with van der Waals surface area (Å²) < 4.78 is 0. The second-order valence-electron chi connectivity index (χ2n) is 9.29. The van der Waals surface area contributed by atoms with Gasteiger partial charge < -0.3 is 15.3 Å². The van der Waals surface area contributed by atoms with Gasteiger partial charge in [-0.1, -0.05) is 38.1 Å². The fraction of sp³-hybridized carbons (Fsp3) is 0.708. The fourth-order valence-corrected chi connectivity index (χ4v) is 4.72. The largest absolute Gasteiger partial charge is 0.394 e. The van der Waals surface area contributed by atoms with E-state index in [1.54, 1.807) is 0 Å². The van der Waals surface area contributed by atoms with E-state index in [-0.39, 0.29) is 30.4 Å². The van der Waals surface area contributed by atoms with Crippen LogP contribution in [-0.4, -0.2) is 65.7 Å². The van der Waals surface area contributed by atoms with Crippen LogP contribution >= 0.6 is 0 Å². The second-order valence-corrected chi connectivity index (χ2v) is 9.29. The first-order valence-corrected chi connectivity index (χ1v) is 11.4. The summed E-state index contributed by atoms with van der Waals surface area (Å²) in [7, 11) is 0. The van der Waals surface area contributed by atoms with Crippen LogP contribution in [0, 0.1) is 18.8 Å². The number of rotatable bonds is 7. The SMILES string of the molecule is Cc1ccccc1CN1CCC(N2CCC(C(=O)N[C@H](CO)C(C)C)CC2)CC1. The van der Waals surface area contributed by atoms with E-state index < -0.39 is 0 Å². The van der Waals surface area contributed by atoms with Crippen LogP contribution in [0.2, 0.25) is 0 Å². The Morgan fingerprint density at radius 3 is 2.34 bits per heavy atom. The summed E-state index contributed by atoms with van der Waals surface area (Å²) in [6.07, 6.45) is 4.32. The fourth-order valence-electron chi connectivity index (χ4n) is 4.72. The molecule has 5 heteroatoms. The Bertz CT molecular complexity index is 647. The van der Waals surface area contributed by atoms with Gasteiger partial charge in [-0.25, -0.2) is 0 Å². The lowest BCUT2D eigenvalue weighted by atomic mass is 9.92. The van der Waals surface area contributed by atoms with E-state index in [1.807, 2.05) is 13.8 Å². The highest BCUT2D eigenvalue weighted by Crippen LogP contribution is 2.25. The quantitative estimate of drug-likeness (QED) is 0.738. The van der Waals surface area contributed by atoms with Crippen LogP contribution in [0.4, 0.5) is 0 Å². The standard InChI is InChI=1S/C24H39N3O2/c1-18(2)23(17-28)25-24(29)20-8-14-27(15-9-20)22-10-12-26(13-11-22)16-21-7-5-4-6-19(21)3/h4-7,18,20,22-23,28H,8-17H2,1-3H3,(H,25,29)/t23-/m1/s1. The van der Waals surface area contributed by atoms with Crippen LogP contribution in [0.25, 0.3) is 0 Å². The van der Waals surface area contributed by atoms with Gasteiger partial charge in [0.05, 0.1) is 12.6 Å². The molecule has 5 nitrogen and oxygen atoms in total. The van der Waals surface area contributed by atoms with Crippen molar-refractivity contribution in [2.45, 2.75) is 65.1 Å². The van der Waals surface area contributed by atoms with Crippen molar-refractivity contribution in [3.8, 4) is 0 Å². The van der Waals surface area contributed by atoms with Crippen LogP contribution in [0.3, 0.4) is 0 Å². The molecule has 0 spiro atoms. The van der Waals surface area contributed by atoms with Crippen molar-refractivity contribution in [3.05, 3.63) is 35.4 Å². The predicted octanol–water partition coefficient (Wildman–Crippen LogP) is 2.80. The number of likely N-dealkylation sites (tertiary alicyclic amines) is 2. The minimum Gasteiger partial charge on any atom is -0.394 e. The maximum absolute atomic E-state index is 12.6. The number of piperidine rings is 2. The highest BCUT2D eigenvalue weighted by atomic mass is 16.3. The lowest BCUT2D eigenvalue weighted by Crippen LogP contribution is -2.50. The molecule has 2 aliphatic rings. The summed E-state index contributed by atoms with van der Waals surface area (Å²) >= 11 is 0. The van der Waals surface area contributed by atoms with Gasteiger partial charge in [-0.15, -0.1) is 0 Å². The zero-order valence-electron chi connectivity index (χ0n) is 18.4. The van der Waals surface area contributed by atoms with Gasteiger partial charge in [0.25, 0.3) is 0 Å². The number of nitrogens with zero attached hydrogens (tertiary/aromatic N) is 2. The molecule has 2 heterocycles. The van der Waals surface area contributed by atoms with Gasteiger partial charge in [0.1, 0.15) is 0 Å². The topological polar surface area (TPSA) is 55.8 Å². The lowest BCUT2D eigenvalue weighted by Gasteiger charge is -2.41. The van der Waals surface area contributed by atoms with Crippen LogP contribution in [0.5, 0.6) is 0 Å². The number of aliphatic hydroxyl groups excluding tert-OH is 1. The number of hydrogen-bond acceptors (Lipinski definition) is 4. The van der Waals surface area contributed by atoms with Gasteiger partial charge in [0, 0.05) is 18.5 Å². The first-order chi connectivity index (χ1) is 14.0. The van der Waals surface area contributed by atoms with Crippen molar-refractivity contribution < 1.29 is 9.90 Å². The third-order valence-corrected chi connectivity index (χ3v) is 6.96.